The molecule has 0 atom stereocenters. The fraction of sp³-hybridized carbons (Fsp3) is 0.192. The van der Waals surface area contributed by atoms with E-state index in [2.05, 4.69) is 15.6 Å². The molecule has 7 nitrogen and oxygen atoms in total. The first-order valence-corrected chi connectivity index (χ1v) is 11.5. The third kappa shape index (κ3) is 5.24. The Morgan fingerprint density at radius 1 is 1.00 bits per heavy atom. The van der Waals surface area contributed by atoms with Gasteiger partial charge in [0.05, 0.1) is 29.3 Å². The van der Waals surface area contributed by atoms with E-state index in [1.54, 1.807) is 22.8 Å². The van der Waals surface area contributed by atoms with Gasteiger partial charge in [0.2, 0.25) is 0 Å². The van der Waals surface area contributed by atoms with E-state index in [1.807, 2.05) is 13.8 Å². The Morgan fingerprint density at radius 3 is 2.32 bits per heavy atom. The van der Waals surface area contributed by atoms with Gasteiger partial charge in [-0.05, 0) is 55.8 Å². The maximum Gasteiger partial charge on any atom is 0.417 e. The molecule has 0 saturated heterocycles. The van der Waals surface area contributed by atoms with E-state index in [4.69, 9.17) is 16.3 Å². The first kappa shape index (κ1) is 26.0. The van der Waals surface area contributed by atoms with Crippen LogP contribution in [0.3, 0.4) is 0 Å². The van der Waals surface area contributed by atoms with Gasteiger partial charge < -0.3 is 15.4 Å². The summed E-state index contributed by atoms with van der Waals surface area (Å²) in [7, 11) is 1.43. The highest BCUT2D eigenvalue weighted by Gasteiger charge is 2.35. The van der Waals surface area contributed by atoms with E-state index < -0.39 is 29.1 Å². The molecule has 4 rings (SSSR count). The molecule has 192 valence electrons. The lowest BCUT2D eigenvalue weighted by Crippen LogP contribution is -2.19. The normalized spacial score (nSPS) is 11.4. The maximum atomic E-state index is 13.5. The molecule has 0 fully saturated rings. The average molecular weight is 531 g/mol. The van der Waals surface area contributed by atoms with Crippen LogP contribution >= 0.6 is 11.6 Å². The standard InChI is InChI=1S/C26H22ClF3N4O3/c1-4-34-21-13-16(32-23(35)17-7-5-6-8-19(17)26(28,29)30)11-18(22(21)33-25(34)37-3)24(36)31-15-10-9-14(2)20(27)12-15/h5-13H,4H2,1-3H3,(H,31,36)(H,32,35). The van der Waals surface area contributed by atoms with Gasteiger partial charge in [-0.15, -0.1) is 0 Å². The molecule has 0 bridgehead atoms. The van der Waals surface area contributed by atoms with Crippen LogP contribution in [0.1, 0.15) is 38.8 Å². The lowest BCUT2D eigenvalue weighted by atomic mass is 10.1. The number of aromatic nitrogens is 2. The number of methoxy groups -OCH3 is 1. The van der Waals surface area contributed by atoms with Crippen molar-refractivity contribution in [2.75, 3.05) is 17.7 Å². The molecular weight excluding hydrogens is 509 g/mol. The zero-order valence-corrected chi connectivity index (χ0v) is 20.8. The van der Waals surface area contributed by atoms with E-state index in [9.17, 15) is 22.8 Å². The molecule has 2 N–H and O–H groups in total. The number of amides is 2. The highest BCUT2D eigenvalue weighted by molar-refractivity contribution is 6.31. The number of carbonyl (C=O) groups excluding carboxylic acids is 2. The van der Waals surface area contributed by atoms with Gasteiger partial charge in [0, 0.05) is 22.9 Å². The van der Waals surface area contributed by atoms with Crippen LogP contribution in [0.5, 0.6) is 6.01 Å². The Kier molecular flexibility index (Phi) is 7.13. The quantitative estimate of drug-likeness (QED) is 0.296. The van der Waals surface area contributed by atoms with Gasteiger partial charge in [0.25, 0.3) is 17.8 Å². The Hall–Kier alpha value is -4.05. The smallest absolute Gasteiger partial charge is 0.417 e. The van der Waals surface area contributed by atoms with Crippen LogP contribution in [0.4, 0.5) is 24.5 Å². The second-order valence-corrected chi connectivity index (χ2v) is 8.56. The fourth-order valence-electron chi connectivity index (χ4n) is 3.90. The Labute approximate surface area is 215 Å². The van der Waals surface area contributed by atoms with Crippen molar-refractivity contribution >= 4 is 45.8 Å². The second kappa shape index (κ2) is 10.1. The van der Waals surface area contributed by atoms with Crippen LogP contribution in [0, 0.1) is 6.92 Å². The summed E-state index contributed by atoms with van der Waals surface area (Å²) in [6.07, 6.45) is -4.72. The monoisotopic (exact) mass is 530 g/mol. The van der Waals surface area contributed by atoms with Crippen molar-refractivity contribution in [3.05, 3.63) is 81.9 Å². The van der Waals surface area contributed by atoms with Crippen molar-refractivity contribution in [2.24, 2.45) is 0 Å². The molecule has 3 aromatic carbocycles. The number of carbonyl (C=O) groups is 2. The van der Waals surface area contributed by atoms with Gasteiger partial charge in [-0.2, -0.15) is 18.2 Å². The molecule has 4 aromatic rings. The summed E-state index contributed by atoms with van der Waals surface area (Å²) in [6.45, 7) is 4.08. The number of alkyl halides is 3. The van der Waals surface area contributed by atoms with Crippen LogP contribution < -0.4 is 15.4 Å². The minimum Gasteiger partial charge on any atom is -0.468 e. The molecule has 0 unspecified atom stereocenters. The summed E-state index contributed by atoms with van der Waals surface area (Å²) in [5.41, 5.74) is 0.593. The Balaban J connectivity index is 1.79. The van der Waals surface area contributed by atoms with E-state index in [-0.39, 0.29) is 17.3 Å². The van der Waals surface area contributed by atoms with Crippen molar-refractivity contribution in [3.8, 4) is 6.01 Å². The van der Waals surface area contributed by atoms with Gasteiger partial charge in [-0.1, -0.05) is 29.8 Å². The molecule has 0 saturated carbocycles. The number of imidazole rings is 1. The molecule has 1 aromatic heterocycles. The first-order chi connectivity index (χ1) is 17.5. The number of rotatable bonds is 6. The molecule has 0 radical (unpaired) electrons. The van der Waals surface area contributed by atoms with E-state index in [1.165, 1.54) is 31.4 Å². The summed E-state index contributed by atoms with van der Waals surface area (Å²) >= 11 is 6.17. The number of benzene rings is 3. The third-order valence-electron chi connectivity index (χ3n) is 5.73. The molecule has 0 aliphatic rings. The number of aryl methyl sites for hydroxylation is 2. The second-order valence-electron chi connectivity index (χ2n) is 8.15. The number of hydrogen-bond acceptors (Lipinski definition) is 4. The summed E-state index contributed by atoms with van der Waals surface area (Å²) < 4.78 is 47.4. The number of hydrogen-bond donors (Lipinski definition) is 2. The molecular formula is C26H22ClF3N4O3. The predicted molar refractivity (Wildman–Crippen MR) is 135 cm³/mol. The number of nitrogens with one attached hydrogen (secondary N) is 2. The third-order valence-corrected chi connectivity index (χ3v) is 6.13. The van der Waals surface area contributed by atoms with E-state index in [0.717, 1.165) is 17.7 Å². The van der Waals surface area contributed by atoms with Crippen LogP contribution in [-0.4, -0.2) is 28.5 Å². The van der Waals surface area contributed by atoms with Crippen molar-refractivity contribution < 1.29 is 27.5 Å². The minimum atomic E-state index is -4.72. The molecule has 37 heavy (non-hydrogen) atoms. The van der Waals surface area contributed by atoms with Crippen LogP contribution in [-0.2, 0) is 12.7 Å². The summed E-state index contributed by atoms with van der Waals surface area (Å²) in [6, 6.07) is 12.6. The molecule has 1 heterocycles. The number of halogens is 4. The first-order valence-electron chi connectivity index (χ1n) is 11.2. The largest absolute Gasteiger partial charge is 0.468 e. The lowest BCUT2D eigenvalue weighted by Gasteiger charge is -2.14. The number of anilines is 2. The zero-order valence-electron chi connectivity index (χ0n) is 20.0. The van der Waals surface area contributed by atoms with Gasteiger partial charge in [-0.3, -0.25) is 14.2 Å². The molecule has 0 spiro atoms. The summed E-state index contributed by atoms with van der Waals surface area (Å²) in [5, 5.41) is 5.71. The van der Waals surface area contributed by atoms with Crippen LogP contribution in [0.15, 0.2) is 54.6 Å². The summed E-state index contributed by atoms with van der Waals surface area (Å²) in [5.74, 6) is -1.53. The molecule has 0 aliphatic carbocycles. The Morgan fingerprint density at radius 2 is 1.68 bits per heavy atom. The van der Waals surface area contributed by atoms with Gasteiger partial charge >= 0.3 is 6.18 Å². The maximum absolute atomic E-state index is 13.5. The molecule has 11 heteroatoms. The number of fused-ring (bicyclic) bond motifs is 1. The minimum absolute atomic E-state index is 0.0825. The fourth-order valence-corrected chi connectivity index (χ4v) is 4.08. The van der Waals surface area contributed by atoms with Crippen molar-refractivity contribution in [3.63, 3.8) is 0 Å². The number of nitrogens with zero attached hydrogens (tertiary/aromatic N) is 2. The molecule has 0 aliphatic heterocycles. The lowest BCUT2D eigenvalue weighted by molar-refractivity contribution is -0.137. The highest BCUT2D eigenvalue weighted by atomic mass is 35.5. The van der Waals surface area contributed by atoms with Gasteiger partial charge in [0.15, 0.2) is 0 Å². The van der Waals surface area contributed by atoms with Crippen LogP contribution in [0.25, 0.3) is 11.0 Å². The summed E-state index contributed by atoms with van der Waals surface area (Å²) in [4.78, 5) is 30.6. The van der Waals surface area contributed by atoms with Crippen molar-refractivity contribution in [1.29, 1.82) is 0 Å². The number of ether oxygens (including phenoxy) is 1. The zero-order chi connectivity index (χ0) is 26.9. The van der Waals surface area contributed by atoms with Gasteiger partial charge in [-0.25, -0.2) is 0 Å². The predicted octanol–water partition coefficient (Wildman–Crippen LogP) is 6.55. The SMILES string of the molecule is CCn1c(OC)nc2c(C(=O)Nc3ccc(C)c(Cl)c3)cc(NC(=O)c3ccccc3C(F)(F)F)cc21. The highest BCUT2D eigenvalue weighted by Crippen LogP contribution is 2.33. The average Bonchev–Trinajstić information content (AvgIpc) is 3.22. The van der Waals surface area contributed by atoms with E-state index >= 15 is 0 Å². The van der Waals surface area contributed by atoms with Gasteiger partial charge in [0.1, 0.15) is 5.52 Å². The van der Waals surface area contributed by atoms with Crippen LogP contribution in [0.2, 0.25) is 5.02 Å². The topological polar surface area (TPSA) is 85.2 Å². The molecule has 2 amide bonds. The van der Waals surface area contributed by atoms with Crippen molar-refractivity contribution in [2.45, 2.75) is 26.6 Å². The Bertz CT molecular complexity index is 1520. The van der Waals surface area contributed by atoms with E-state index in [0.29, 0.717) is 28.3 Å². The van der Waals surface area contributed by atoms with Crippen molar-refractivity contribution in [1.82, 2.24) is 9.55 Å².